The van der Waals surface area contributed by atoms with E-state index in [4.69, 9.17) is 0 Å². The van der Waals surface area contributed by atoms with E-state index in [2.05, 4.69) is 20.4 Å². The summed E-state index contributed by atoms with van der Waals surface area (Å²) >= 11 is 1.57. The first-order chi connectivity index (χ1) is 13.1. The van der Waals surface area contributed by atoms with E-state index >= 15 is 0 Å². The maximum atomic E-state index is 12.6. The molecule has 1 amide bonds. The van der Waals surface area contributed by atoms with Gasteiger partial charge in [0.2, 0.25) is 5.95 Å². The molecule has 1 N–H and O–H groups in total. The third-order valence-corrected chi connectivity index (χ3v) is 5.70. The Bertz CT molecular complexity index is 1020. The molecular weight excluding hydrogens is 364 g/mol. The summed E-state index contributed by atoms with van der Waals surface area (Å²) in [7, 11) is 1.83. The summed E-state index contributed by atoms with van der Waals surface area (Å²) in [6.07, 6.45) is 4.98. The second-order valence-electron chi connectivity index (χ2n) is 6.31. The number of carbonyl (C=O) groups is 2. The van der Waals surface area contributed by atoms with Crippen LogP contribution < -0.4 is 5.32 Å². The van der Waals surface area contributed by atoms with Gasteiger partial charge < -0.3 is 15.0 Å². The molecule has 4 rings (SSSR count). The zero-order chi connectivity index (χ0) is 19.0. The van der Waals surface area contributed by atoms with Gasteiger partial charge in [0.05, 0.1) is 28.9 Å². The number of aldehydes is 1. The van der Waals surface area contributed by atoms with Gasteiger partial charge in [-0.3, -0.25) is 9.48 Å². The van der Waals surface area contributed by atoms with Crippen LogP contribution in [-0.2, 0) is 18.3 Å². The average Bonchev–Trinajstić information content (AvgIpc) is 3.26. The van der Waals surface area contributed by atoms with Crippen molar-refractivity contribution in [3.8, 4) is 10.6 Å². The summed E-state index contributed by atoms with van der Waals surface area (Å²) in [4.78, 5) is 35.9. The molecule has 3 aromatic heterocycles. The lowest BCUT2D eigenvalue weighted by Gasteiger charge is -2.24. The number of aryl methyl sites for hydroxylation is 2. The fourth-order valence-corrected chi connectivity index (χ4v) is 4.24. The van der Waals surface area contributed by atoms with Crippen LogP contribution in [0.15, 0.2) is 24.5 Å². The molecular formula is C18H18N6O2S. The quantitative estimate of drug-likeness (QED) is 0.680. The number of thiophene rings is 1. The van der Waals surface area contributed by atoms with E-state index in [1.807, 2.05) is 26.1 Å². The van der Waals surface area contributed by atoms with Crippen LogP contribution in [0.1, 0.15) is 20.8 Å². The predicted molar refractivity (Wildman–Crippen MR) is 102 cm³/mol. The van der Waals surface area contributed by atoms with Crippen molar-refractivity contribution in [3.63, 3.8) is 0 Å². The topological polar surface area (TPSA) is 93.0 Å². The molecule has 0 bridgehead atoms. The van der Waals surface area contributed by atoms with Gasteiger partial charge in [-0.1, -0.05) is 0 Å². The molecule has 27 heavy (non-hydrogen) atoms. The minimum absolute atomic E-state index is 0.0919. The second kappa shape index (κ2) is 6.92. The first-order valence-corrected chi connectivity index (χ1v) is 9.33. The van der Waals surface area contributed by atoms with Crippen molar-refractivity contribution in [3.05, 3.63) is 40.5 Å². The summed E-state index contributed by atoms with van der Waals surface area (Å²) < 4.78 is 1.70. The lowest BCUT2D eigenvalue weighted by atomic mass is 10.1. The predicted octanol–water partition coefficient (Wildman–Crippen LogP) is 2.19. The highest BCUT2D eigenvalue weighted by molar-refractivity contribution is 7.15. The third-order valence-electron chi connectivity index (χ3n) is 4.50. The SMILES string of the molecule is Cc1cnc(Nc2ccnn2C)nc1-c1cc2c(s1)CCN(CC=O)C2=O. The summed E-state index contributed by atoms with van der Waals surface area (Å²) in [6.45, 7) is 2.65. The highest BCUT2D eigenvalue weighted by Crippen LogP contribution is 2.35. The highest BCUT2D eigenvalue weighted by Gasteiger charge is 2.27. The van der Waals surface area contributed by atoms with E-state index in [9.17, 15) is 9.59 Å². The van der Waals surface area contributed by atoms with Gasteiger partial charge in [0.15, 0.2) is 0 Å². The first kappa shape index (κ1) is 17.3. The molecule has 0 saturated carbocycles. The summed E-state index contributed by atoms with van der Waals surface area (Å²) in [5, 5.41) is 7.27. The van der Waals surface area contributed by atoms with Crippen molar-refractivity contribution in [1.82, 2.24) is 24.6 Å². The fraction of sp³-hybridized carbons (Fsp3) is 0.278. The smallest absolute Gasteiger partial charge is 0.255 e. The van der Waals surface area contributed by atoms with Crippen molar-refractivity contribution >= 4 is 35.3 Å². The van der Waals surface area contributed by atoms with Gasteiger partial charge in [0.1, 0.15) is 12.1 Å². The molecule has 0 saturated heterocycles. The fourth-order valence-electron chi connectivity index (χ4n) is 3.05. The summed E-state index contributed by atoms with van der Waals surface area (Å²) in [6, 6.07) is 3.72. The number of rotatable bonds is 5. The van der Waals surface area contributed by atoms with Crippen LogP contribution in [0.4, 0.5) is 11.8 Å². The van der Waals surface area contributed by atoms with Crippen LogP contribution >= 0.6 is 11.3 Å². The Balaban J connectivity index is 1.67. The van der Waals surface area contributed by atoms with Crippen LogP contribution in [0.3, 0.4) is 0 Å². The van der Waals surface area contributed by atoms with E-state index in [1.54, 1.807) is 33.3 Å². The van der Waals surface area contributed by atoms with Gasteiger partial charge in [0, 0.05) is 37.2 Å². The summed E-state index contributed by atoms with van der Waals surface area (Å²) in [5.41, 5.74) is 2.40. The average molecular weight is 382 g/mol. The van der Waals surface area contributed by atoms with Crippen molar-refractivity contribution in [1.29, 1.82) is 0 Å². The molecule has 4 heterocycles. The Labute approximate surface area is 159 Å². The molecule has 0 fully saturated rings. The maximum absolute atomic E-state index is 12.6. The molecule has 3 aromatic rings. The minimum atomic E-state index is -0.0919. The zero-order valence-electron chi connectivity index (χ0n) is 15.0. The molecule has 0 atom stereocenters. The summed E-state index contributed by atoms with van der Waals surface area (Å²) in [5.74, 6) is 1.17. The number of nitrogens with one attached hydrogen (secondary N) is 1. The van der Waals surface area contributed by atoms with Gasteiger partial charge in [-0.2, -0.15) is 5.10 Å². The van der Waals surface area contributed by atoms with E-state index in [0.29, 0.717) is 18.1 Å². The minimum Gasteiger partial charge on any atom is -0.331 e. The molecule has 0 unspecified atom stereocenters. The van der Waals surface area contributed by atoms with Gasteiger partial charge in [-0.25, -0.2) is 9.97 Å². The number of carbonyl (C=O) groups excluding carboxylic acids is 2. The van der Waals surface area contributed by atoms with Crippen LogP contribution in [0.25, 0.3) is 10.6 Å². The monoisotopic (exact) mass is 382 g/mol. The number of hydrogen-bond acceptors (Lipinski definition) is 7. The van der Waals surface area contributed by atoms with Crippen LogP contribution in [0.5, 0.6) is 0 Å². The number of amides is 1. The first-order valence-electron chi connectivity index (χ1n) is 8.51. The number of nitrogens with zero attached hydrogens (tertiary/aromatic N) is 5. The van der Waals surface area contributed by atoms with Gasteiger partial charge in [0.25, 0.3) is 5.91 Å². The van der Waals surface area contributed by atoms with Crippen molar-refractivity contribution < 1.29 is 9.59 Å². The molecule has 0 radical (unpaired) electrons. The Morgan fingerprint density at radius 1 is 1.41 bits per heavy atom. The Hall–Kier alpha value is -3.07. The zero-order valence-corrected chi connectivity index (χ0v) is 15.8. The molecule has 1 aliphatic heterocycles. The van der Waals surface area contributed by atoms with Crippen LogP contribution in [0, 0.1) is 6.92 Å². The standard InChI is InChI=1S/C18H18N6O2S/c1-11-10-19-18(21-15-3-5-20-23(15)2)22-16(11)14-9-12-13(27-14)4-6-24(7-8-25)17(12)26/h3,5,8-10H,4,6-7H2,1-2H3,(H,19,21,22). The molecule has 0 aromatic carbocycles. The van der Waals surface area contributed by atoms with Crippen molar-refractivity contribution in [2.75, 3.05) is 18.4 Å². The Morgan fingerprint density at radius 3 is 3.00 bits per heavy atom. The van der Waals surface area contributed by atoms with E-state index in [0.717, 1.165) is 39.5 Å². The lowest BCUT2D eigenvalue weighted by Crippen LogP contribution is -2.37. The maximum Gasteiger partial charge on any atom is 0.255 e. The normalized spacial score (nSPS) is 13.6. The van der Waals surface area contributed by atoms with Gasteiger partial charge in [-0.15, -0.1) is 11.3 Å². The highest BCUT2D eigenvalue weighted by atomic mass is 32.1. The van der Waals surface area contributed by atoms with E-state index < -0.39 is 0 Å². The van der Waals surface area contributed by atoms with E-state index in [1.165, 1.54) is 0 Å². The largest absolute Gasteiger partial charge is 0.331 e. The molecule has 1 aliphatic rings. The second-order valence-corrected chi connectivity index (χ2v) is 7.44. The van der Waals surface area contributed by atoms with Gasteiger partial charge in [-0.05, 0) is 18.6 Å². The van der Waals surface area contributed by atoms with Crippen molar-refractivity contribution in [2.24, 2.45) is 7.05 Å². The molecule has 0 aliphatic carbocycles. The number of hydrogen-bond donors (Lipinski definition) is 1. The van der Waals surface area contributed by atoms with Crippen molar-refractivity contribution in [2.45, 2.75) is 13.3 Å². The molecule has 8 nitrogen and oxygen atoms in total. The Kier molecular flexibility index (Phi) is 4.44. The molecule has 138 valence electrons. The van der Waals surface area contributed by atoms with Gasteiger partial charge >= 0.3 is 0 Å². The third kappa shape index (κ3) is 3.21. The number of anilines is 2. The number of aromatic nitrogens is 4. The Morgan fingerprint density at radius 2 is 2.26 bits per heavy atom. The van der Waals surface area contributed by atoms with Crippen LogP contribution in [0.2, 0.25) is 0 Å². The lowest BCUT2D eigenvalue weighted by molar-refractivity contribution is -0.108. The van der Waals surface area contributed by atoms with E-state index in [-0.39, 0.29) is 12.5 Å². The van der Waals surface area contributed by atoms with Crippen LogP contribution in [-0.4, -0.2) is 49.9 Å². The molecule has 9 heteroatoms. The number of fused-ring (bicyclic) bond motifs is 1. The molecule has 0 spiro atoms.